The van der Waals surface area contributed by atoms with Gasteiger partial charge < -0.3 is 0 Å². The van der Waals surface area contributed by atoms with Crippen molar-refractivity contribution in [3.8, 4) is 0 Å². The van der Waals surface area contributed by atoms with Gasteiger partial charge in [-0.05, 0) is 30.5 Å². The fourth-order valence-electron chi connectivity index (χ4n) is 2.33. The van der Waals surface area contributed by atoms with Crippen molar-refractivity contribution in [2.75, 3.05) is 5.75 Å². The van der Waals surface area contributed by atoms with E-state index < -0.39 is 10.0 Å². The van der Waals surface area contributed by atoms with Gasteiger partial charge in [0.15, 0.2) is 0 Å². The lowest BCUT2D eigenvalue weighted by molar-refractivity contribution is 0.590. The van der Waals surface area contributed by atoms with Crippen LogP contribution in [0.3, 0.4) is 0 Å². The molecule has 0 saturated heterocycles. The number of rotatable bonds is 5. The van der Waals surface area contributed by atoms with E-state index in [1.807, 2.05) is 13.0 Å². The third kappa shape index (κ3) is 3.08. The van der Waals surface area contributed by atoms with Gasteiger partial charge in [-0.25, -0.2) is 17.4 Å². The Kier molecular flexibility index (Phi) is 4.32. The molecule has 21 heavy (non-hydrogen) atoms. The van der Waals surface area contributed by atoms with E-state index in [9.17, 15) is 8.42 Å². The Balaban J connectivity index is 2.38. The van der Waals surface area contributed by atoms with Crippen molar-refractivity contribution in [3.05, 3.63) is 65.8 Å². The summed E-state index contributed by atoms with van der Waals surface area (Å²) in [6.45, 7) is 9.65. The summed E-state index contributed by atoms with van der Waals surface area (Å²) in [6, 6.07) is 6.14. The van der Waals surface area contributed by atoms with Crippen molar-refractivity contribution >= 4 is 10.0 Å². The van der Waals surface area contributed by atoms with Gasteiger partial charge in [-0.2, -0.15) is 0 Å². The normalized spacial score (nSPS) is 13.1. The first-order chi connectivity index (χ1) is 9.86. The summed E-state index contributed by atoms with van der Waals surface area (Å²) in [5.41, 5.74) is 4.35. The molecule has 2 rings (SSSR count). The minimum absolute atomic E-state index is 0.0464. The average molecular weight is 304 g/mol. The van der Waals surface area contributed by atoms with Crippen LogP contribution in [0.4, 0.5) is 0 Å². The molecule has 1 unspecified atom stereocenters. The van der Waals surface area contributed by atoms with Gasteiger partial charge in [0.1, 0.15) is 6.33 Å². The van der Waals surface area contributed by atoms with E-state index in [4.69, 9.17) is 0 Å². The van der Waals surface area contributed by atoms with E-state index >= 15 is 0 Å². The van der Waals surface area contributed by atoms with E-state index in [2.05, 4.69) is 37.5 Å². The number of nitrogens with zero attached hydrogens (tertiary/aromatic N) is 2. The Morgan fingerprint density at radius 1 is 1.38 bits per heavy atom. The minimum atomic E-state index is -3.39. The highest BCUT2D eigenvalue weighted by Gasteiger charge is 2.18. The number of aryl methyl sites for hydroxylation is 1. The van der Waals surface area contributed by atoms with Crippen molar-refractivity contribution in [1.82, 2.24) is 8.96 Å². The minimum Gasteiger partial charge on any atom is -0.240 e. The maximum Gasteiger partial charge on any atom is 0.243 e. The second-order valence-electron chi connectivity index (χ2n) is 5.21. The second kappa shape index (κ2) is 5.85. The predicted molar refractivity (Wildman–Crippen MR) is 85.0 cm³/mol. The molecule has 4 nitrogen and oxygen atoms in total. The first-order valence-electron chi connectivity index (χ1n) is 6.81. The molecule has 0 spiro atoms. The lowest BCUT2D eigenvalue weighted by Crippen LogP contribution is -2.13. The average Bonchev–Trinajstić information content (AvgIpc) is 2.91. The van der Waals surface area contributed by atoms with Crippen molar-refractivity contribution in [3.63, 3.8) is 0 Å². The number of imidazole rings is 1. The summed E-state index contributed by atoms with van der Waals surface area (Å²) in [5, 5.41) is 0. The van der Waals surface area contributed by atoms with Crippen LogP contribution in [0.25, 0.3) is 0 Å². The molecule has 0 saturated carbocycles. The lowest BCUT2D eigenvalue weighted by Gasteiger charge is -2.14. The standard InChI is InChI=1S/C16H20N2O2S/c1-5-9-21(19,20)18-10-16(17-11-18)14(4)15-8-6-7-12(2)13(15)3/h5-8,10-11,14H,1,9H2,2-4H3. The molecule has 0 bridgehead atoms. The molecule has 0 amide bonds. The molecule has 2 aromatic rings. The van der Waals surface area contributed by atoms with Crippen LogP contribution in [0.15, 0.2) is 43.4 Å². The molecule has 0 aliphatic carbocycles. The van der Waals surface area contributed by atoms with Crippen LogP contribution in [-0.2, 0) is 10.0 Å². The van der Waals surface area contributed by atoms with Gasteiger partial charge in [0.25, 0.3) is 0 Å². The zero-order valence-corrected chi connectivity index (χ0v) is 13.4. The maximum atomic E-state index is 12.0. The summed E-state index contributed by atoms with van der Waals surface area (Å²) in [7, 11) is -3.39. The molecule has 1 heterocycles. The maximum absolute atomic E-state index is 12.0. The molecule has 0 aliphatic heterocycles. The highest BCUT2D eigenvalue weighted by Crippen LogP contribution is 2.27. The van der Waals surface area contributed by atoms with Gasteiger partial charge in [-0.3, -0.25) is 0 Å². The van der Waals surface area contributed by atoms with Crippen LogP contribution in [0.2, 0.25) is 0 Å². The van der Waals surface area contributed by atoms with Crippen LogP contribution in [0.1, 0.15) is 35.2 Å². The fourth-order valence-corrected chi connectivity index (χ4v) is 3.26. The number of aromatic nitrogens is 2. The summed E-state index contributed by atoms with van der Waals surface area (Å²) in [4.78, 5) is 4.26. The third-order valence-electron chi connectivity index (χ3n) is 3.79. The Morgan fingerprint density at radius 2 is 2.10 bits per heavy atom. The topological polar surface area (TPSA) is 52.0 Å². The van der Waals surface area contributed by atoms with Gasteiger partial charge in [0.05, 0.1) is 11.4 Å². The zero-order chi connectivity index (χ0) is 15.6. The molecular formula is C16H20N2O2S. The molecule has 112 valence electrons. The lowest BCUT2D eigenvalue weighted by atomic mass is 9.92. The largest absolute Gasteiger partial charge is 0.243 e. The van der Waals surface area contributed by atoms with Crippen molar-refractivity contribution in [1.29, 1.82) is 0 Å². The van der Waals surface area contributed by atoms with Gasteiger partial charge in [-0.1, -0.05) is 31.2 Å². The van der Waals surface area contributed by atoms with Crippen LogP contribution < -0.4 is 0 Å². The van der Waals surface area contributed by atoms with E-state index in [0.717, 1.165) is 5.69 Å². The molecule has 1 aromatic heterocycles. The summed E-state index contributed by atoms with van der Waals surface area (Å²) >= 11 is 0. The first-order valence-corrected chi connectivity index (χ1v) is 8.42. The third-order valence-corrected chi connectivity index (χ3v) is 5.29. The Bertz CT molecular complexity index is 760. The summed E-state index contributed by atoms with van der Waals surface area (Å²) in [5.74, 6) is -0.0502. The molecule has 1 aromatic carbocycles. The molecule has 0 N–H and O–H groups in total. The van der Waals surface area contributed by atoms with Crippen LogP contribution >= 0.6 is 0 Å². The molecule has 0 aliphatic rings. The predicted octanol–water partition coefficient (Wildman–Crippen LogP) is 3.02. The molecule has 0 fully saturated rings. The summed E-state index contributed by atoms with van der Waals surface area (Å²) < 4.78 is 25.1. The van der Waals surface area contributed by atoms with E-state index in [1.165, 1.54) is 33.1 Å². The number of hydrogen-bond donors (Lipinski definition) is 0. The SMILES string of the molecule is C=CCS(=O)(=O)n1cnc(C(C)c2cccc(C)c2C)c1. The zero-order valence-electron chi connectivity index (χ0n) is 12.6. The quantitative estimate of drug-likeness (QED) is 0.798. The Hall–Kier alpha value is -1.88. The van der Waals surface area contributed by atoms with E-state index in [1.54, 1.807) is 6.20 Å². The van der Waals surface area contributed by atoms with Gasteiger partial charge in [-0.15, -0.1) is 6.58 Å². The smallest absolute Gasteiger partial charge is 0.240 e. The highest BCUT2D eigenvalue weighted by atomic mass is 32.2. The summed E-state index contributed by atoms with van der Waals surface area (Å²) in [6.07, 6.45) is 4.32. The monoisotopic (exact) mass is 304 g/mol. The number of hydrogen-bond acceptors (Lipinski definition) is 3. The highest BCUT2D eigenvalue weighted by molar-refractivity contribution is 7.90. The molecule has 5 heteroatoms. The fraction of sp³-hybridized carbons (Fsp3) is 0.312. The number of benzene rings is 1. The second-order valence-corrected chi connectivity index (χ2v) is 7.13. The molecule has 1 atom stereocenters. The van der Waals surface area contributed by atoms with Crippen LogP contribution in [0.5, 0.6) is 0 Å². The van der Waals surface area contributed by atoms with Crippen LogP contribution in [0, 0.1) is 13.8 Å². The van der Waals surface area contributed by atoms with Crippen molar-refractivity contribution < 1.29 is 8.42 Å². The van der Waals surface area contributed by atoms with Gasteiger partial charge in [0.2, 0.25) is 10.0 Å². The van der Waals surface area contributed by atoms with Crippen LogP contribution in [-0.4, -0.2) is 23.1 Å². The van der Waals surface area contributed by atoms with E-state index in [0.29, 0.717) is 0 Å². The van der Waals surface area contributed by atoms with Crippen molar-refractivity contribution in [2.24, 2.45) is 0 Å². The van der Waals surface area contributed by atoms with Gasteiger partial charge >= 0.3 is 0 Å². The van der Waals surface area contributed by atoms with Crippen molar-refractivity contribution in [2.45, 2.75) is 26.7 Å². The molecular weight excluding hydrogens is 284 g/mol. The Morgan fingerprint density at radius 3 is 2.76 bits per heavy atom. The first kappa shape index (κ1) is 15.5. The Labute approximate surface area is 126 Å². The van der Waals surface area contributed by atoms with Gasteiger partial charge in [0, 0.05) is 12.1 Å². The van der Waals surface area contributed by atoms with E-state index in [-0.39, 0.29) is 11.7 Å². The molecule has 0 radical (unpaired) electrons.